The van der Waals surface area contributed by atoms with E-state index in [1.165, 1.54) is 0 Å². The van der Waals surface area contributed by atoms with Crippen molar-refractivity contribution in [1.29, 1.82) is 0 Å². The number of nitrogens with one attached hydrogen (secondary N) is 1. The van der Waals surface area contributed by atoms with Crippen molar-refractivity contribution in [1.82, 2.24) is 4.90 Å². The predicted octanol–water partition coefficient (Wildman–Crippen LogP) is 4.17. The summed E-state index contributed by atoms with van der Waals surface area (Å²) in [5, 5.41) is 13.7. The number of fused-ring (bicyclic) bond motifs is 1. The zero-order valence-corrected chi connectivity index (χ0v) is 14.6. The second kappa shape index (κ2) is 6.15. The molecule has 1 aliphatic heterocycles. The molecule has 2 aromatic rings. The molecule has 1 aliphatic carbocycles. The number of phenols is 1. The van der Waals surface area contributed by atoms with Crippen molar-refractivity contribution in [2.45, 2.75) is 32.0 Å². The molecular formula is C19H19ClN2O3. The van der Waals surface area contributed by atoms with Gasteiger partial charge in [-0.2, -0.15) is 0 Å². The van der Waals surface area contributed by atoms with E-state index in [2.05, 4.69) is 5.32 Å². The first-order valence-corrected chi connectivity index (χ1v) is 8.81. The topological polar surface area (TPSA) is 61.8 Å². The fraction of sp³-hybridized carbons (Fsp3) is 0.316. The number of para-hydroxylation sites is 1. The third-order valence-electron chi connectivity index (χ3n) is 4.57. The van der Waals surface area contributed by atoms with Gasteiger partial charge in [-0.15, -0.1) is 0 Å². The number of aromatic hydroxyl groups is 1. The highest BCUT2D eigenvalue weighted by molar-refractivity contribution is 6.32. The molecule has 5 nitrogen and oxygen atoms in total. The normalized spacial score (nSPS) is 19.4. The SMILES string of the molecule is CCOc1cc([C@@H]2Nc3ccccc3C(=O)N2C2CC2)cc(Cl)c1O. The minimum Gasteiger partial charge on any atom is -0.503 e. The van der Waals surface area contributed by atoms with Crippen molar-refractivity contribution in [3.63, 3.8) is 0 Å². The van der Waals surface area contributed by atoms with Crippen LogP contribution in [0.1, 0.15) is 41.9 Å². The molecule has 0 radical (unpaired) electrons. The number of carbonyl (C=O) groups is 1. The number of benzene rings is 2. The number of phenolic OH excluding ortho intramolecular Hbond substituents is 1. The highest BCUT2D eigenvalue weighted by Crippen LogP contribution is 2.44. The summed E-state index contributed by atoms with van der Waals surface area (Å²) < 4.78 is 5.49. The molecule has 0 spiro atoms. The number of ether oxygens (including phenoxy) is 1. The number of amides is 1. The van der Waals surface area contributed by atoms with E-state index in [0.29, 0.717) is 17.9 Å². The van der Waals surface area contributed by atoms with Gasteiger partial charge in [-0.25, -0.2) is 0 Å². The first kappa shape index (κ1) is 16.1. The molecular weight excluding hydrogens is 340 g/mol. The van der Waals surface area contributed by atoms with E-state index in [1.54, 1.807) is 12.1 Å². The van der Waals surface area contributed by atoms with Crippen molar-refractivity contribution in [2.24, 2.45) is 0 Å². The maximum absolute atomic E-state index is 13.0. The van der Waals surface area contributed by atoms with Gasteiger partial charge < -0.3 is 20.1 Å². The zero-order valence-electron chi connectivity index (χ0n) is 13.8. The smallest absolute Gasteiger partial charge is 0.258 e. The Labute approximate surface area is 151 Å². The second-order valence-corrected chi connectivity index (χ2v) is 6.73. The Morgan fingerprint density at radius 2 is 2.08 bits per heavy atom. The molecule has 25 heavy (non-hydrogen) atoms. The van der Waals surface area contributed by atoms with Gasteiger partial charge in [0.1, 0.15) is 6.17 Å². The molecule has 6 heteroatoms. The Morgan fingerprint density at radius 3 is 2.80 bits per heavy atom. The first-order valence-electron chi connectivity index (χ1n) is 8.43. The number of nitrogens with zero attached hydrogens (tertiary/aromatic N) is 1. The van der Waals surface area contributed by atoms with Gasteiger partial charge in [-0.3, -0.25) is 4.79 Å². The lowest BCUT2D eigenvalue weighted by molar-refractivity contribution is 0.0666. The molecule has 0 unspecified atom stereocenters. The second-order valence-electron chi connectivity index (χ2n) is 6.32. The number of rotatable bonds is 4. The minimum atomic E-state index is -0.341. The van der Waals surface area contributed by atoms with Gasteiger partial charge in [0.15, 0.2) is 11.5 Å². The fourth-order valence-electron chi connectivity index (χ4n) is 3.26. The third-order valence-corrected chi connectivity index (χ3v) is 4.86. The van der Waals surface area contributed by atoms with Crippen LogP contribution in [-0.4, -0.2) is 28.6 Å². The zero-order chi connectivity index (χ0) is 17.6. The quantitative estimate of drug-likeness (QED) is 0.861. The van der Waals surface area contributed by atoms with Crippen LogP contribution in [0.2, 0.25) is 5.02 Å². The van der Waals surface area contributed by atoms with Crippen LogP contribution in [0.3, 0.4) is 0 Å². The number of halogens is 1. The van der Waals surface area contributed by atoms with Crippen molar-refractivity contribution >= 4 is 23.2 Å². The predicted molar refractivity (Wildman–Crippen MR) is 96.3 cm³/mol. The Bertz CT molecular complexity index is 835. The van der Waals surface area contributed by atoms with E-state index in [0.717, 1.165) is 24.1 Å². The molecule has 130 valence electrons. The van der Waals surface area contributed by atoms with Gasteiger partial charge in [0, 0.05) is 17.3 Å². The molecule has 2 aliphatic rings. The number of hydrogen-bond acceptors (Lipinski definition) is 4. The lowest BCUT2D eigenvalue weighted by Crippen LogP contribution is -2.44. The maximum Gasteiger partial charge on any atom is 0.258 e. The van der Waals surface area contributed by atoms with E-state index < -0.39 is 0 Å². The van der Waals surface area contributed by atoms with Gasteiger partial charge in [0.2, 0.25) is 0 Å². The van der Waals surface area contributed by atoms with Crippen LogP contribution in [0.5, 0.6) is 11.5 Å². The maximum atomic E-state index is 13.0. The average Bonchev–Trinajstić information content (AvgIpc) is 3.43. The van der Waals surface area contributed by atoms with Gasteiger partial charge in [-0.1, -0.05) is 23.7 Å². The highest BCUT2D eigenvalue weighted by atomic mass is 35.5. The number of carbonyl (C=O) groups excluding carboxylic acids is 1. The highest BCUT2D eigenvalue weighted by Gasteiger charge is 2.42. The van der Waals surface area contributed by atoms with Gasteiger partial charge in [0.05, 0.1) is 17.2 Å². The standard InChI is InChI=1S/C19H19ClN2O3/c1-2-25-16-10-11(9-14(20)17(16)23)18-21-15-6-4-3-5-13(15)19(24)22(18)12-7-8-12/h3-6,9-10,12,18,21,23H,2,7-8H2,1H3/t18-/m1/s1. The van der Waals surface area contributed by atoms with Crippen molar-refractivity contribution in [2.75, 3.05) is 11.9 Å². The van der Waals surface area contributed by atoms with E-state index in [-0.39, 0.29) is 28.9 Å². The lowest BCUT2D eigenvalue weighted by atomic mass is 10.0. The summed E-state index contributed by atoms with van der Waals surface area (Å²) in [6, 6.07) is 11.2. The van der Waals surface area contributed by atoms with Crippen LogP contribution in [-0.2, 0) is 0 Å². The first-order chi connectivity index (χ1) is 12.1. The van der Waals surface area contributed by atoms with Crippen LogP contribution >= 0.6 is 11.6 Å². The summed E-state index contributed by atoms with van der Waals surface area (Å²) >= 11 is 6.19. The monoisotopic (exact) mass is 358 g/mol. The molecule has 0 saturated heterocycles. The van der Waals surface area contributed by atoms with Gasteiger partial charge in [-0.05, 0) is 44.0 Å². The molecule has 2 aromatic carbocycles. The molecule has 1 fully saturated rings. The lowest BCUT2D eigenvalue weighted by Gasteiger charge is -2.38. The third kappa shape index (κ3) is 2.78. The summed E-state index contributed by atoms with van der Waals surface area (Å²) in [6.45, 7) is 2.26. The molecule has 4 rings (SSSR count). The van der Waals surface area contributed by atoms with Crippen molar-refractivity contribution in [3.05, 3.63) is 52.5 Å². The fourth-order valence-corrected chi connectivity index (χ4v) is 3.48. The molecule has 2 N–H and O–H groups in total. The minimum absolute atomic E-state index is 0.0176. The van der Waals surface area contributed by atoms with Gasteiger partial charge >= 0.3 is 0 Å². The summed E-state index contributed by atoms with van der Waals surface area (Å²) in [6.07, 6.45) is 1.65. The molecule has 1 amide bonds. The Kier molecular flexibility index (Phi) is 3.96. The summed E-state index contributed by atoms with van der Waals surface area (Å²) in [5.74, 6) is 0.269. The van der Waals surface area contributed by atoms with E-state index in [4.69, 9.17) is 16.3 Å². The molecule has 0 bridgehead atoms. The summed E-state index contributed by atoms with van der Waals surface area (Å²) in [7, 11) is 0. The Morgan fingerprint density at radius 1 is 1.32 bits per heavy atom. The van der Waals surface area contributed by atoms with Crippen LogP contribution in [0.4, 0.5) is 5.69 Å². The Hall–Kier alpha value is -2.40. The molecule has 1 atom stereocenters. The average molecular weight is 359 g/mol. The van der Waals surface area contributed by atoms with E-state index in [1.807, 2.05) is 36.1 Å². The van der Waals surface area contributed by atoms with Crippen LogP contribution in [0, 0.1) is 0 Å². The molecule has 0 aromatic heterocycles. The van der Waals surface area contributed by atoms with E-state index >= 15 is 0 Å². The summed E-state index contributed by atoms with van der Waals surface area (Å²) in [5.41, 5.74) is 2.28. The van der Waals surface area contributed by atoms with Crippen LogP contribution in [0.25, 0.3) is 0 Å². The molecule has 1 saturated carbocycles. The van der Waals surface area contributed by atoms with Crippen molar-refractivity contribution < 1.29 is 14.6 Å². The number of hydrogen-bond donors (Lipinski definition) is 2. The largest absolute Gasteiger partial charge is 0.503 e. The van der Waals surface area contributed by atoms with Crippen molar-refractivity contribution in [3.8, 4) is 11.5 Å². The Balaban J connectivity index is 1.79. The van der Waals surface area contributed by atoms with Crippen LogP contribution < -0.4 is 10.1 Å². The van der Waals surface area contributed by atoms with Crippen LogP contribution in [0.15, 0.2) is 36.4 Å². The number of anilines is 1. The summed E-state index contributed by atoms with van der Waals surface area (Å²) in [4.78, 5) is 14.9. The van der Waals surface area contributed by atoms with Gasteiger partial charge in [0.25, 0.3) is 5.91 Å². The molecule has 1 heterocycles. The van der Waals surface area contributed by atoms with E-state index in [9.17, 15) is 9.90 Å².